The van der Waals surface area contributed by atoms with Crippen molar-refractivity contribution in [3.8, 4) is 0 Å². The van der Waals surface area contributed by atoms with Gasteiger partial charge in [0.25, 0.3) is 15.9 Å². The number of rotatable bonds is 5. The summed E-state index contributed by atoms with van der Waals surface area (Å²) in [6, 6.07) is 8.04. The van der Waals surface area contributed by atoms with Crippen LogP contribution in [0.5, 0.6) is 0 Å². The van der Waals surface area contributed by atoms with Crippen LogP contribution in [0.1, 0.15) is 33.7 Å². The van der Waals surface area contributed by atoms with E-state index in [0.717, 1.165) is 22.7 Å². The fourth-order valence-corrected chi connectivity index (χ4v) is 7.26. The third-order valence-corrected chi connectivity index (χ3v) is 8.95. The first-order valence-electron chi connectivity index (χ1n) is 8.52. The monoisotopic (exact) mass is 472 g/mol. The van der Waals surface area contributed by atoms with Gasteiger partial charge in [0.15, 0.2) is 0 Å². The molecule has 1 fully saturated rings. The van der Waals surface area contributed by atoms with Gasteiger partial charge in [0.05, 0.1) is 10.4 Å². The lowest BCUT2D eigenvalue weighted by Crippen LogP contribution is -2.30. The summed E-state index contributed by atoms with van der Waals surface area (Å²) in [7, 11) is -3.72. The number of hydrogen-bond acceptors (Lipinski definition) is 7. The highest BCUT2D eigenvalue weighted by Crippen LogP contribution is 2.39. The van der Waals surface area contributed by atoms with Gasteiger partial charge in [0, 0.05) is 12.2 Å². The molecular formula is C17H14ClFN4O3S3. The summed E-state index contributed by atoms with van der Waals surface area (Å²) < 4.78 is 41.2. The Labute approximate surface area is 179 Å². The van der Waals surface area contributed by atoms with E-state index < -0.39 is 27.8 Å². The molecule has 3 aromatic rings. The van der Waals surface area contributed by atoms with Gasteiger partial charge in [-0.2, -0.15) is 4.31 Å². The first kappa shape index (κ1) is 20.4. The number of halogens is 2. The lowest BCUT2D eigenvalue weighted by Gasteiger charge is -2.21. The second kappa shape index (κ2) is 8.07. The molecule has 12 heteroatoms. The smallest absolute Gasteiger partial charge is 0.286 e. The van der Waals surface area contributed by atoms with E-state index in [0.29, 0.717) is 34.4 Å². The number of amides is 1. The van der Waals surface area contributed by atoms with Crippen LogP contribution in [-0.2, 0) is 10.0 Å². The third kappa shape index (κ3) is 4.19. The highest BCUT2D eigenvalue weighted by molar-refractivity contribution is 7.91. The van der Waals surface area contributed by atoms with Crippen LogP contribution in [0, 0.1) is 5.82 Å². The minimum absolute atomic E-state index is 0.0766. The molecule has 1 aliphatic rings. The quantitative estimate of drug-likeness (QED) is 0.601. The van der Waals surface area contributed by atoms with Gasteiger partial charge in [0.2, 0.25) is 5.01 Å². The van der Waals surface area contributed by atoms with Crippen molar-refractivity contribution >= 4 is 55.9 Å². The van der Waals surface area contributed by atoms with Crippen LogP contribution in [0.3, 0.4) is 0 Å². The molecule has 29 heavy (non-hydrogen) atoms. The predicted molar refractivity (Wildman–Crippen MR) is 109 cm³/mol. The fourth-order valence-electron chi connectivity index (χ4n) is 3.04. The number of sulfonamides is 1. The lowest BCUT2D eigenvalue weighted by molar-refractivity contribution is 0.102. The van der Waals surface area contributed by atoms with Crippen molar-refractivity contribution in [1.29, 1.82) is 0 Å². The van der Waals surface area contributed by atoms with Gasteiger partial charge in [-0.25, -0.2) is 12.8 Å². The Morgan fingerprint density at radius 1 is 1.24 bits per heavy atom. The third-order valence-electron chi connectivity index (χ3n) is 4.32. The van der Waals surface area contributed by atoms with E-state index in [1.165, 1.54) is 28.6 Å². The van der Waals surface area contributed by atoms with E-state index in [2.05, 4.69) is 15.5 Å². The molecule has 1 atom stereocenters. The predicted octanol–water partition coefficient (Wildman–Crippen LogP) is 4.17. The van der Waals surface area contributed by atoms with Crippen molar-refractivity contribution in [3.63, 3.8) is 0 Å². The molecule has 3 heterocycles. The van der Waals surface area contributed by atoms with E-state index >= 15 is 0 Å². The molecule has 0 radical (unpaired) electrons. The Morgan fingerprint density at radius 3 is 2.79 bits per heavy atom. The molecule has 1 unspecified atom stereocenters. The van der Waals surface area contributed by atoms with E-state index in [1.807, 2.05) is 0 Å². The molecule has 0 saturated carbocycles. The standard InChI is InChI=1S/C17H14ClFN4O3S3/c18-13-6-7-14(27-13)29(25,26)23-8-2-5-12(23)16-21-22-17(28-16)15(24)20-11-4-1-3-10(19)9-11/h1,3-4,6-7,9,12H,2,5,8H2,(H,20,24). The van der Waals surface area contributed by atoms with Crippen LogP contribution in [-0.4, -0.2) is 35.4 Å². The SMILES string of the molecule is O=C(Nc1cccc(F)c1)c1nnc(C2CCCN2S(=O)(=O)c2ccc(Cl)s2)s1. The molecule has 0 spiro atoms. The Kier molecular flexibility index (Phi) is 5.67. The van der Waals surface area contributed by atoms with Gasteiger partial charge >= 0.3 is 0 Å². The van der Waals surface area contributed by atoms with Crippen molar-refractivity contribution in [3.05, 3.63) is 56.6 Å². The second-order valence-electron chi connectivity index (χ2n) is 6.24. The van der Waals surface area contributed by atoms with Gasteiger partial charge in [-0.1, -0.05) is 29.0 Å². The Bertz CT molecular complexity index is 1160. The van der Waals surface area contributed by atoms with E-state index in [4.69, 9.17) is 11.6 Å². The number of carbonyl (C=O) groups excluding carboxylic acids is 1. The normalized spacial score (nSPS) is 17.5. The van der Waals surface area contributed by atoms with Gasteiger partial charge < -0.3 is 5.32 Å². The molecule has 0 aliphatic carbocycles. The second-order valence-corrected chi connectivity index (χ2v) is 11.1. The Hall–Kier alpha value is -1.92. The van der Waals surface area contributed by atoms with Crippen molar-refractivity contribution < 1.29 is 17.6 Å². The van der Waals surface area contributed by atoms with Crippen molar-refractivity contribution in [2.45, 2.75) is 23.1 Å². The number of thiophene rings is 1. The number of nitrogens with one attached hydrogen (secondary N) is 1. The molecule has 1 aromatic carbocycles. The summed E-state index contributed by atoms with van der Waals surface area (Å²) in [6.45, 7) is 0.354. The largest absolute Gasteiger partial charge is 0.320 e. The highest BCUT2D eigenvalue weighted by Gasteiger charge is 2.39. The highest BCUT2D eigenvalue weighted by atomic mass is 35.5. The van der Waals surface area contributed by atoms with Crippen LogP contribution in [0.15, 0.2) is 40.6 Å². The number of benzene rings is 1. The van der Waals surface area contributed by atoms with Gasteiger partial charge in [-0.05, 0) is 43.2 Å². The van der Waals surface area contributed by atoms with E-state index in [-0.39, 0.29) is 9.22 Å². The molecule has 152 valence electrons. The van der Waals surface area contributed by atoms with Crippen LogP contribution in [0.4, 0.5) is 10.1 Å². The molecule has 1 saturated heterocycles. The lowest BCUT2D eigenvalue weighted by atomic mass is 10.2. The number of carbonyl (C=O) groups is 1. The number of anilines is 1. The maximum absolute atomic E-state index is 13.3. The average molecular weight is 473 g/mol. The maximum atomic E-state index is 13.3. The summed E-state index contributed by atoms with van der Waals surface area (Å²) in [5, 5.41) is 11.0. The molecule has 1 amide bonds. The number of aromatic nitrogens is 2. The van der Waals surface area contributed by atoms with Crippen LogP contribution < -0.4 is 5.32 Å². The molecule has 2 aromatic heterocycles. The zero-order valence-electron chi connectivity index (χ0n) is 14.7. The summed E-state index contributed by atoms with van der Waals surface area (Å²) in [5.41, 5.74) is 0.298. The fraction of sp³-hybridized carbons (Fsp3) is 0.235. The summed E-state index contributed by atoms with van der Waals surface area (Å²) >= 11 is 7.91. The topological polar surface area (TPSA) is 92.3 Å². The van der Waals surface area contributed by atoms with Crippen LogP contribution in [0.25, 0.3) is 0 Å². The van der Waals surface area contributed by atoms with Gasteiger partial charge in [-0.15, -0.1) is 21.5 Å². The van der Waals surface area contributed by atoms with E-state index in [9.17, 15) is 17.6 Å². The van der Waals surface area contributed by atoms with Crippen LogP contribution in [0.2, 0.25) is 4.34 Å². The minimum atomic E-state index is -3.72. The molecular weight excluding hydrogens is 459 g/mol. The van der Waals surface area contributed by atoms with Gasteiger partial charge in [-0.3, -0.25) is 4.79 Å². The first-order chi connectivity index (χ1) is 13.8. The van der Waals surface area contributed by atoms with Crippen molar-refractivity contribution in [2.24, 2.45) is 0 Å². The summed E-state index contributed by atoms with van der Waals surface area (Å²) in [4.78, 5) is 12.4. The zero-order chi connectivity index (χ0) is 20.6. The zero-order valence-corrected chi connectivity index (χ0v) is 17.9. The molecule has 0 bridgehead atoms. The Morgan fingerprint density at radius 2 is 2.07 bits per heavy atom. The summed E-state index contributed by atoms with van der Waals surface area (Å²) in [5.74, 6) is -1.00. The number of nitrogens with zero attached hydrogens (tertiary/aromatic N) is 3. The van der Waals surface area contributed by atoms with Crippen molar-refractivity contribution in [2.75, 3.05) is 11.9 Å². The average Bonchev–Trinajstić information content (AvgIpc) is 3.41. The van der Waals surface area contributed by atoms with Crippen LogP contribution >= 0.6 is 34.3 Å². The summed E-state index contributed by atoms with van der Waals surface area (Å²) in [6.07, 6.45) is 1.26. The Balaban J connectivity index is 1.54. The maximum Gasteiger partial charge on any atom is 0.286 e. The molecule has 4 rings (SSSR count). The van der Waals surface area contributed by atoms with Gasteiger partial charge in [0.1, 0.15) is 15.0 Å². The molecule has 1 N–H and O–H groups in total. The molecule has 7 nitrogen and oxygen atoms in total. The molecule has 1 aliphatic heterocycles. The van der Waals surface area contributed by atoms with E-state index in [1.54, 1.807) is 12.1 Å². The minimum Gasteiger partial charge on any atom is -0.320 e. The first-order valence-corrected chi connectivity index (χ1v) is 12.0. The van der Waals surface area contributed by atoms with Crippen molar-refractivity contribution in [1.82, 2.24) is 14.5 Å². The number of hydrogen-bond donors (Lipinski definition) is 1.